The quantitative estimate of drug-likeness (QED) is 0.366. The first kappa shape index (κ1) is 25.1. The van der Waals surface area contributed by atoms with Crippen LogP contribution in [0.25, 0.3) is 4.85 Å². The van der Waals surface area contributed by atoms with Gasteiger partial charge in [-0.2, -0.15) is 0 Å². The third kappa shape index (κ3) is 6.98. The van der Waals surface area contributed by atoms with Gasteiger partial charge in [-0.3, -0.25) is 0 Å². The fraction of sp³-hybridized carbons (Fsp3) is 0.345. The summed E-state index contributed by atoms with van der Waals surface area (Å²) >= 11 is 0. The predicted octanol–water partition coefficient (Wildman–Crippen LogP) is 5.03. The van der Waals surface area contributed by atoms with Gasteiger partial charge in [0.1, 0.15) is 6.10 Å². The van der Waals surface area contributed by atoms with E-state index in [1.165, 1.54) is 0 Å². The topological polar surface area (TPSA) is 50.5 Å². The number of nitrogens with zero attached hydrogens (tertiary/aromatic N) is 1. The summed E-state index contributed by atoms with van der Waals surface area (Å²) in [5.41, 5.74) is 3.11. The number of rotatable bonds is 11. The molecule has 0 saturated carbocycles. The first-order valence-corrected chi connectivity index (χ1v) is 11.8. The number of hydrogen-bond donors (Lipinski definition) is 0. The molecule has 0 bridgehead atoms. The molecule has 1 aliphatic rings. The van der Waals surface area contributed by atoms with Gasteiger partial charge in [-0.25, -0.2) is 6.57 Å². The van der Waals surface area contributed by atoms with Crippen LogP contribution in [0.5, 0.6) is 0 Å². The summed E-state index contributed by atoms with van der Waals surface area (Å²) in [6, 6.07) is 29.1. The normalized spacial score (nSPS) is 24.1. The smallest absolute Gasteiger partial charge is 0.280 e. The molecule has 0 unspecified atom stereocenters. The van der Waals surface area contributed by atoms with E-state index in [1.54, 1.807) is 7.11 Å². The molecule has 1 saturated heterocycles. The molecule has 1 fully saturated rings. The lowest BCUT2D eigenvalue weighted by Crippen LogP contribution is -2.59. The number of ether oxygens (including phenoxy) is 5. The monoisotopic (exact) mass is 473 g/mol. The first-order valence-electron chi connectivity index (χ1n) is 11.8. The molecule has 182 valence electrons. The lowest BCUT2D eigenvalue weighted by atomic mass is 9.96. The maximum Gasteiger partial charge on any atom is 0.280 e. The van der Waals surface area contributed by atoms with Crippen molar-refractivity contribution in [3.63, 3.8) is 0 Å². The standard InChI is InChI=1S/C29H31NO5/c1-30-26-25(21-32-18-22-12-6-3-7-13-22)35-29(31-2)28(34-20-24-16-10-5-11-17-24)27(26)33-19-23-14-8-4-9-15-23/h3-17,25-29H,18-21H2,2H3/t25-,26-,27+,28-,29+/m1/s1. The molecule has 4 rings (SSSR count). The van der Waals surface area contributed by atoms with Crippen LogP contribution in [-0.4, -0.2) is 44.4 Å². The minimum absolute atomic E-state index is 0.248. The Bertz CT molecular complexity index is 1040. The highest BCUT2D eigenvalue weighted by molar-refractivity contribution is 5.16. The van der Waals surface area contributed by atoms with Crippen molar-refractivity contribution in [2.75, 3.05) is 13.7 Å². The van der Waals surface area contributed by atoms with Gasteiger partial charge in [0.05, 0.1) is 26.4 Å². The molecule has 3 aromatic rings. The van der Waals surface area contributed by atoms with E-state index in [1.807, 2.05) is 91.0 Å². The average Bonchev–Trinajstić information content (AvgIpc) is 2.92. The minimum Gasteiger partial charge on any atom is -0.374 e. The molecule has 0 aliphatic carbocycles. The van der Waals surface area contributed by atoms with E-state index in [0.717, 1.165) is 16.7 Å². The lowest BCUT2D eigenvalue weighted by Gasteiger charge is -2.40. The van der Waals surface area contributed by atoms with Crippen molar-refractivity contribution in [2.24, 2.45) is 0 Å². The van der Waals surface area contributed by atoms with Crippen LogP contribution < -0.4 is 0 Å². The second-order valence-corrected chi connectivity index (χ2v) is 8.42. The third-order valence-electron chi connectivity index (χ3n) is 5.96. The highest BCUT2D eigenvalue weighted by atomic mass is 16.7. The highest BCUT2D eigenvalue weighted by Crippen LogP contribution is 2.30. The van der Waals surface area contributed by atoms with Crippen LogP contribution in [0.3, 0.4) is 0 Å². The Hall–Kier alpha value is -3.05. The third-order valence-corrected chi connectivity index (χ3v) is 5.96. The average molecular weight is 474 g/mol. The molecule has 1 aliphatic heterocycles. The summed E-state index contributed by atoms with van der Waals surface area (Å²) in [5.74, 6) is 0. The Morgan fingerprint density at radius 1 is 0.714 bits per heavy atom. The fourth-order valence-electron chi connectivity index (χ4n) is 4.14. The molecule has 6 heteroatoms. The van der Waals surface area contributed by atoms with Crippen molar-refractivity contribution in [3.8, 4) is 0 Å². The summed E-state index contributed by atoms with van der Waals surface area (Å²) in [4.78, 5) is 3.91. The predicted molar refractivity (Wildman–Crippen MR) is 132 cm³/mol. The molecule has 35 heavy (non-hydrogen) atoms. The molecular weight excluding hydrogens is 442 g/mol. The van der Waals surface area contributed by atoms with E-state index in [-0.39, 0.29) is 6.61 Å². The molecular formula is C29H31NO5. The van der Waals surface area contributed by atoms with Gasteiger partial charge in [-0.05, 0) is 16.7 Å². The largest absolute Gasteiger partial charge is 0.374 e. The Balaban J connectivity index is 1.49. The maximum absolute atomic E-state index is 7.96. The summed E-state index contributed by atoms with van der Waals surface area (Å²) in [5, 5.41) is 0. The van der Waals surface area contributed by atoms with Crippen LogP contribution in [0.1, 0.15) is 16.7 Å². The van der Waals surface area contributed by atoms with Crippen molar-refractivity contribution in [2.45, 2.75) is 50.5 Å². The van der Waals surface area contributed by atoms with Crippen LogP contribution in [0, 0.1) is 6.57 Å². The van der Waals surface area contributed by atoms with Crippen molar-refractivity contribution < 1.29 is 23.7 Å². The second kappa shape index (κ2) is 13.1. The first-order chi connectivity index (χ1) is 17.3. The van der Waals surface area contributed by atoms with E-state index < -0.39 is 30.6 Å². The maximum atomic E-state index is 7.96. The summed E-state index contributed by atoms with van der Waals surface area (Å²) < 4.78 is 30.4. The van der Waals surface area contributed by atoms with Crippen LogP contribution in [0.4, 0.5) is 0 Å². The minimum atomic E-state index is -0.692. The number of hydrogen-bond acceptors (Lipinski definition) is 5. The molecule has 0 amide bonds. The van der Waals surface area contributed by atoms with E-state index in [9.17, 15) is 0 Å². The molecule has 0 spiro atoms. The van der Waals surface area contributed by atoms with Crippen LogP contribution in [-0.2, 0) is 43.5 Å². The Labute approximate surface area is 207 Å². The molecule has 1 heterocycles. The summed E-state index contributed by atoms with van der Waals surface area (Å²) in [6.07, 6.45) is -2.34. The lowest BCUT2D eigenvalue weighted by molar-refractivity contribution is -0.287. The van der Waals surface area contributed by atoms with Gasteiger partial charge in [0.2, 0.25) is 0 Å². The molecule has 6 nitrogen and oxygen atoms in total. The van der Waals surface area contributed by atoms with E-state index in [4.69, 9.17) is 30.3 Å². The van der Waals surface area contributed by atoms with Gasteiger partial charge >= 0.3 is 0 Å². The van der Waals surface area contributed by atoms with E-state index in [2.05, 4.69) is 4.85 Å². The van der Waals surface area contributed by atoms with Gasteiger partial charge in [0, 0.05) is 7.11 Å². The Morgan fingerprint density at radius 3 is 1.69 bits per heavy atom. The van der Waals surface area contributed by atoms with Gasteiger partial charge in [0.15, 0.2) is 18.5 Å². The molecule has 0 N–H and O–H groups in total. The van der Waals surface area contributed by atoms with Crippen LogP contribution in [0.2, 0.25) is 0 Å². The Kier molecular flexibility index (Phi) is 9.41. The molecule has 5 atom stereocenters. The summed E-state index contributed by atoms with van der Waals surface area (Å²) in [7, 11) is 1.58. The van der Waals surface area contributed by atoms with E-state index in [0.29, 0.717) is 19.8 Å². The van der Waals surface area contributed by atoms with Gasteiger partial charge in [-0.1, -0.05) is 91.0 Å². The zero-order valence-corrected chi connectivity index (χ0v) is 19.9. The SMILES string of the molecule is [C-]#[N+][C@H]1[C@H](OCc2ccccc2)[C@@H](OCc2ccccc2)[C@@H](OC)O[C@@H]1COCc1ccccc1. The number of benzene rings is 3. The second-order valence-electron chi connectivity index (χ2n) is 8.42. The molecule has 0 aromatic heterocycles. The highest BCUT2D eigenvalue weighted by Gasteiger charge is 2.52. The van der Waals surface area contributed by atoms with Crippen LogP contribution in [0.15, 0.2) is 91.0 Å². The van der Waals surface area contributed by atoms with Gasteiger partial charge < -0.3 is 28.5 Å². The molecule has 0 radical (unpaired) electrons. The van der Waals surface area contributed by atoms with Crippen molar-refractivity contribution in [1.82, 2.24) is 0 Å². The summed E-state index contributed by atoms with van der Waals surface area (Å²) in [6.45, 7) is 9.37. The van der Waals surface area contributed by atoms with Crippen molar-refractivity contribution in [3.05, 3.63) is 119 Å². The van der Waals surface area contributed by atoms with Gasteiger partial charge in [0.25, 0.3) is 6.04 Å². The Morgan fingerprint density at radius 2 is 1.20 bits per heavy atom. The zero-order chi connectivity index (χ0) is 24.3. The number of methoxy groups -OCH3 is 1. The molecule has 3 aromatic carbocycles. The van der Waals surface area contributed by atoms with Gasteiger partial charge in [-0.15, -0.1) is 0 Å². The fourth-order valence-corrected chi connectivity index (χ4v) is 4.14. The zero-order valence-electron chi connectivity index (χ0n) is 19.9. The van der Waals surface area contributed by atoms with Crippen LogP contribution >= 0.6 is 0 Å². The van der Waals surface area contributed by atoms with Crippen molar-refractivity contribution >= 4 is 0 Å². The van der Waals surface area contributed by atoms with Crippen molar-refractivity contribution in [1.29, 1.82) is 0 Å². The van der Waals surface area contributed by atoms with E-state index >= 15 is 0 Å².